The number of nitrogens with one attached hydrogen (secondary N) is 2. The summed E-state index contributed by atoms with van der Waals surface area (Å²) in [6.45, 7) is 0. The molecule has 0 saturated carbocycles. The SMILES string of the molecule is COc1cnccc1-c1ccc(NC(=O)[C@@H](NC(=O)O)C(c2ccccc2)c2ccccc2)cc1. The molecule has 3 aromatic carbocycles. The molecule has 0 fully saturated rings. The Hall–Kier alpha value is -4.65. The van der Waals surface area contributed by atoms with Gasteiger partial charge in [0.1, 0.15) is 11.8 Å². The third-order valence-electron chi connectivity index (χ3n) is 5.68. The van der Waals surface area contributed by atoms with Crippen molar-refractivity contribution >= 4 is 17.7 Å². The van der Waals surface area contributed by atoms with Crippen LogP contribution in [-0.2, 0) is 4.79 Å². The topological polar surface area (TPSA) is 101 Å². The summed E-state index contributed by atoms with van der Waals surface area (Å²) in [4.78, 5) is 29.2. The van der Waals surface area contributed by atoms with E-state index in [4.69, 9.17) is 4.74 Å². The van der Waals surface area contributed by atoms with Crippen molar-refractivity contribution in [1.82, 2.24) is 10.3 Å². The van der Waals surface area contributed by atoms with Crippen LogP contribution in [0.1, 0.15) is 17.0 Å². The van der Waals surface area contributed by atoms with Gasteiger partial charge in [-0.3, -0.25) is 9.78 Å². The zero-order valence-corrected chi connectivity index (χ0v) is 19.1. The number of benzene rings is 3. The largest absolute Gasteiger partial charge is 0.494 e. The Kier molecular flexibility index (Phi) is 7.37. The second kappa shape index (κ2) is 11.0. The van der Waals surface area contributed by atoms with Crippen LogP contribution in [0, 0.1) is 0 Å². The Morgan fingerprint density at radius 1 is 0.857 bits per heavy atom. The first-order valence-corrected chi connectivity index (χ1v) is 11.1. The minimum Gasteiger partial charge on any atom is -0.494 e. The lowest BCUT2D eigenvalue weighted by molar-refractivity contribution is -0.118. The molecule has 2 amide bonds. The molecule has 0 aliphatic carbocycles. The average molecular weight is 468 g/mol. The van der Waals surface area contributed by atoms with E-state index in [9.17, 15) is 14.7 Å². The number of amides is 2. The predicted molar refractivity (Wildman–Crippen MR) is 135 cm³/mol. The van der Waals surface area contributed by atoms with Crippen LogP contribution < -0.4 is 15.4 Å². The third-order valence-corrected chi connectivity index (χ3v) is 5.68. The number of ether oxygens (including phenoxy) is 1. The van der Waals surface area contributed by atoms with Crippen molar-refractivity contribution < 1.29 is 19.4 Å². The van der Waals surface area contributed by atoms with Gasteiger partial charge in [0.15, 0.2) is 0 Å². The second-order valence-corrected chi connectivity index (χ2v) is 7.87. The molecule has 4 rings (SSSR count). The van der Waals surface area contributed by atoms with E-state index in [1.54, 1.807) is 31.6 Å². The summed E-state index contributed by atoms with van der Waals surface area (Å²) in [5.74, 6) is -0.336. The van der Waals surface area contributed by atoms with E-state index in [1.165, 1.54) is 0 Å². The van der Waals surface area contributed by atoms with Crippen molar-refractivity contribution in [3.63, 3.8) is 0 Å². The summed E-state index contributed by atoms with van der Waals surface area (Å²) < 4.78 is 5.38. The van der Waals surface area contributed by atoms with Gasteiger partial charge in [0, 0.05) is 23.4 Å². The highest BCUT2D eigenvalue weighted by Crippen LogP contribution is 2.31. The van der Waals surface area contributed by atoms with Crippen LogP contribution >= 0.6 is 0 Å². The number of hydrogen-bond acceptors (Lipinski definition) is 4. The fourth-order valence-corrected chi connectivity index (χ4v) is 4.07. The molecule has 0 bridgehead atoms. The quantitative estimate of drug-likeness (QED) is 0.332. The van der Waals surface area contributed by atoms with E-state index in [0.717, 1.165) is 22.3 Å². The van der Waals surface area contributed by atoms with Crippen molar-refractivity contribution in [3.05, 3.63) is 115 Å². The number of anilines is 1. The molecule has 1 atom stereocenters. The minimum atomic E-state index is -1.28. The number of carbonyl (C=O) groups is 2. The zero-order chi connectivity index (χ0) is 24.6. The van der Waals surface area contributed by atoms with E-state index in [2.05, 4.69) is 15.6 Å². The maximum Gasteiger partial charge on any atom is 0.405 e. The van der Waals surface area contributed by atoms with Gasteiger partial charge in [0.2, 0.25) is 5.91 Å². The van der Waals surface area contributed by atoms with Crippen LogP contribution in [0.15, 0.2) is 103 Å². The fraction of sp³-hybridized carbons (Fsp3) is 0.107. The van der Waals surface area contributed by atoms with Crippen molar-refractivity contribution in [2.24, 2.45) is 0 Å². The van der Waals surface area contributed by atoms with E-state index in [-0.39, 0.29) is 0 Å². The standard InChI is InChI=1S/C28H25N3O4/c1-35-24-18-29-17-16-23(24)19-12-14-22(15-13-19)30-27(32)26(31-28(33)34)25(20-8-4-2-5-9-20)21-10-6-3-7-11-21/h2-18,25-26,31H,1H3,(H,30,32)(H,33,34)/t26-/m0/s1. The first-order chi connectivity index (χ1) is 17.1. The van der Waals surface area contributed by atoms with Gasteiger partial charge in [-0.1, -0.05) is 72.8 Å². The average Bonchev–Trinajstić information content (AvgIpc) is 2.90. The molecule has 1 aromatic heterocycles. The Balaban J connectivity index is 1.63. The third kappa shape index (κ3) is 5.65. The van der Waals surface area contributed by atoms with Crippen LogP contribution in [0.2, 0.25) is 0 Å². The molecule has 176 valence electrons. The van der Waals surface area contributed by atoms with Crippen LogP contribution in [0.5, 0.6) is 5.75 Å². The zero-order valence-electron chi connectivity index (χ0n) is 19.1. The van der Waals surface area contributed by atoms with E-state index in [0.29, 0.717) is 11.4 Å². The molecular weight excluding hydrogens is 442 g/mol. The Bertz CT molecular complexity index is 1240. The fourth-order valence-electron chi connectivity index (χ4n) is 4.07. The molecule has 7 heteroatoms. The van der Waals surface area contributed by atoms with Crippen molar-refractivity contribution in [1.29, 1.82) is 0 Å². The van der Waals surface area contributed by atoms with Gasteiger partial charge in [0.05, 0.1) is 13.3 Å². The summed E-state index contributed by atoms with van der Waals surface area (Å²) in [7, 11) is 1.58. The first-order valence-electron chi connectivity index (χ1n) is 11.1. The summed E-state index contributed by atoms with van der Waals surface area (Å²) in [5, 5.41) is 14.8. The highest BCUT2D eigenvalue weighted by Gasteiger charge is 2.32. The number of pyridine rings is 1. The molecule has 3 N–H and O–H groups in total. The molecule has 7 nitrogen and oxygen atoms in total. The summed E-state index contributed by atoms with van der Waals surface area (Å²) >= 11 is 0. The molecule has 0 unspecified atom stereocenters. The highest BCUT2D eigenvalue weighted by atomic mass is 16.5. The molecule has 0 spiro atoms. The molecule has 35 heavy (non-hydrogen) atoms. The second-order valence-electron chi connectivity index (χ2n) is 7.87. The molecule has 0 aliphatic rings. The lowest BCUT2D eigenvalue weighted by Gasteiger charge is -2.27. The number of carbonyl (C=O) groups excluding carboxylic acids is 1. The smallest absolute Gasteiger partial charge is 0.405 e. The van der Waals surface area contributed by atoms with Gasteiger partial charge >= 0.3 is 6.09 Å². The van der Waals surface area contributed by atoms with Crippen LogP contribution in [0.4, 0.5) is 10.5 Å². The van der Waals surface area contributed by atoms with Crippen molar-refractivity contribution in [2.75, 3.05) is 12.4 Å². The number of hydrogen-bond donors (Lipinski definition) is 3. The van der Waals surface area contributed by atoms with E-state index < -0.39 is 24.0 Å². The maximum atomic E-state index is 13.4. The molecule has 4 aromatic rings. The van der Waals surface area contributed by atoms with Gasteiger partial charge in [-0.2, -0.15) is 0 Å². The molecule has 0 radical (unpaired) electrons. The number of carboxylic acid groups (broad SMARTS) is 1. The summed E-state index contributed by atoms with van der Waals surface area (Å²) in [5.41, 5.74) is 3.97. The van der Waals surface area contributed by atoms with Gasteiger partial charge in [0.25, 0.3) is 0 Å². The number of nitrogens with zero attached hydrogens (tertiary/aromatic N) is 1. The lowest BCUT2D eigenvalue weighted by atomic mass is 9.84. The molecular formula is C28H25N3O4. The Morgan fingerprint density at radius 3 is 2.00 bits per heavy atom. The minimum absolute atomic E-state index is 0.459. The van der Waals surface area contributed by atoms with Gasteiger partial charge in [-0.05, 0) is 34.9 Å². The van der Waals surface area contributed by atoms with Crippen LogP contribution in [0.3, 0.4) is 0 Å². The number of methoxy groups -OCH3 is 1. The predicted octanol–water partition coefficient (Wildman–Crippen LogP) is 5.16. The van der Waals surface area contributed by atoms with Crippen LogP contribution in [0.25, 0.3) is 11.1 Å². The number of rotatable bonds is 8. The highest BCUT2D eigenvalue weighted by molar-refractivity contribution is 5.97. The molecule has 0 saturated heterocycles. The van der Waals surface area contributed by atoms with Crippen molar-refractivity contribution in [3.8, 4) is 16.9 Å². The van der Waals surface area contributed by atoms with Crippen molar-refractivity contribution in [2.45, 2.75) is 12.0 Å². The van der Waals surface area contributed by atoms with Crippen LogP contribution in [-0.4, -0.2) is 35.2 Å². The first kappa shape index (κ1) is 23.5. The summed E-state index contributed by atoms with van der Waals surface area (Å²) in [6, 6.07) is 26.8. The van der Waals surface area contributed by atoms with Gasteiger partial charge in [-0.15, -0.1) is 0 Å². The molecule has 0 aliphatic heterocycles. The normalized spacial score (nSPS) is 11.5. The Labute approximate surface area is 203 Å². The lowest BCUT2D eigenvalue weighted by Crippen LogP contribution is -2.47. The van der Waals surface area contributed by atoms with Gasteiger partial charge in [-0.25, -0.2) is 4.79 Å². The summed E-state index contributed by atoms with van der Waals surface area (Å²) in [6.07, 6.45) is 2.05. The number of aromatic nitrogens is 1. The Morgan fingerprint density at radius 2 is 1.46 bits per heavy atom. The van der Waals surface area contributed by atoms with E-state index in [1.807, 2.05) is 78.9 Å². The monoisotopic (exact) mass is 467 g/mol. The molecule has 1 heterocycles. The van der Waals surface area contributed by atoms with Gasteiger partial charge < -0.3 is 20.5 Å². The maximum absolute atomic E-state index is 13.4. The van der Waals surface area contributed by atoms with E-state index >= 15 is 0 Å².